The lowest BCUT2D eigenvalue weighted by Crippen LogP contribution is -2.40. The van der Waals surface area contributed by atoms with Crippen LogP contribution in [0, 0.1) is 17.6 Å². The van der Waals surface area contributed by atoms with Gasteiger partial charge in [0, 0.05) is 5.56 Å². The fourth-order valence-corrected chi connectivity index (χ4v) is 2.04. The highest BCUT2D eigenvalue weighted by Gasteiger charge is 2.24. The van der Waals surface area contributed by atoms with Gasteiger partial charge in [-0.25, -0.2) is 8.78 Å². The Bertz CT molecular complexity index is 547. The molecule has 1 unspecified atom stereocenters. The first-order valence-electron chi connectivity index (χ1n) is 7.73. The molecule has 1 aromatic carbocycles. The molecule has 1 N–H and O–H groups in total. The Kier molecular flexibility index (Phi) is 7.81. The molecule has 0 spiro atoms. The van der Waals surface area contributed by atoms with E-state index < -0.39 is 29.4 Å². The van der Waals surface area contributed by atoms with Crippen LogP contribution in [-0.2, 0) is 9.53 Å². The number of benzene rings is 1. The summed E-state index contributed by atoms with van der Waals surface area (Å²) < 4.78 is 31.2. The standard InChI is InChI=1S/C17H23F2NO3/c1-4-23-16(21)10-15(20-8-7-11(2)3)17(22)12-5-6-13(18)14(19)9-12/h5-6,9,11,15,20H,4,7-8,10H2,1-3H3. The highest BCUT2D eigenvalue weighted by molar-refractivity contribution is 6.01. The van der Waals surface area contributed by atoms with E-state index in [0.29, 0.717) is 12.5 Å². The van der Waals surface area contributed by atoms with Crippen LogP contribution in [0.5, 0.6) is 0 Å². The number of hydrogen-bond donors (Lipinski definition) is 1. The lowest BCUT2D eigenvalue weighted by atomic mass is 10.0. The van der Waals surface area contributed by atoms with Gasteiger partial charge >= 0.3 is 5.97 Å². The Labute approximate surface area is 135 Å². The number of hydrogen-bond acceptors (Lipinski definition) is 4. The summed E-state index contributed by atoms with van der Waals surface area (Å²) in [4.78, 5) is 24.1. The summed E-state index contributed by atoms with van der Waals surface area (Å²) in [6.07, 6.45) is 0.675. The second-order valence-electron chi connectivity index (χ2n) is 5.69. The number of rotatable bonds is 9. The van der Waals surface area contributed by atoms with Crippen LogP contribution in [0.1, 0.15) is 44.0 Å². The quantitative estimate of drug-likeness (QED) is 0.559. The summed E-state index contributed by atoms with van der Waals surface area (Å²) in [5.41, 5.74) is 0.0234. The van der Waals surface area contributed by atoms with Crippen molar-refractivity contribution in [3.8, 4) is 0 Å². The highest BCUT2D eigenvalue weighted by Crippen LogP contribution is 2.13. The summed E-state index contributed by atoms with van der Waals surface area (Å²) in [7, 11) is 0. The average Bonchev–Trinajstić information content (AvgIpc) is 2.48. The summed E-state index contributed by atoms with van der Waals surface area (Å²) in [6.45, 7) is 6.52. The molecule has 0 heterocycles. The molecular weight excluding hydrogens is 304 g/mol. The maximum Gasteiger partial charge on any atom is 0.307 e. The molecule has 0 bridgehead atoms. The van der Waals surface area contributed by atoms with Crippen LogP contribution in [0.15, 0.2) is 18.2 Å². The molecule has 0 aliphatic carbocycles. The minimum Gasteiger partial charge on any atom is -0.466 e. The first-order chi connectivity index (χ1) is 10.8. The topological polar surface area (TPSA) is 55.4 Å². The zero-order valence-electron chi connectivity index (χ0n) is 13.7. The molecule has 0 radical (unpaired) electrons. The molecule has 0 amide bonds. The third-order valence-electron chi connectivity index (χ3n) is 3.31. The number of esters is 1. The summed E-state index contributed by atoms with van der Waals surface area (Å²) in [6, 6.07) is 2.14. The number of ketones is 1. The summed E-state index contributed by atoms with van der Waals surface area (Å²) in [5.74, 6) is -2.64. The van der Waals surface area contributed by atoms with E-state index in [-0.39, 0.29) is 18.6 Å². The number of halogens is 2. The Hall–Kier alpha value is -1.82. The van der Waals surface area contributed by atoms with Gasteiger partial charge in [0.2, 0.25) is 0 Å². The number of Topliss-reactive ketones (excluding diaryl/α,β-unsaturated/α-hetero) is 1. The van der Waals surface area contributed by atoms with Crippen LogP contribution >= 0.6 is 0 Å². The molecular formula is C17H23F2NO3. The predicted molar refractivity (Wildman–Crippen MR) is 83.2 cm³/mol. The van der Waals surface area contributed by atoms with Gasteiger partial charge in [-0.05, 0) is 44.0 Å². The fraction of sp³-hybridized carbons (Fsp3) is 0.529. The van der Waals surface area contributed by atoms with Crippen molar-refractivity contribution in [1.82, 2.24) is 5.32 Å². The van der Waals surface area contributed by atoms with Gasteiger partial charge in [-0.2, -0.15) is 0 Å². The van der Waals surface area contributed by atoms with Crippen LogP contribution in [0.4, 0.5) is 8.78 Å². The molecule has 0 aliphatic rings. The molecule has 0 saturated heterocycles. The maximum atomic E-state index is 13.3. The molecule has 128 valence electrons. The van der Waals surface area contributed by atoms with Crippen LogP contribution in [0.25, 0.3) is 0 Å². The van der Waals surface area contributed by atoms with Gasteiger partial charge in [-0.15, -0.1) is 0 Å². The molecule has 0 aromatic heterocycles. The predicted octanol–water partition coefficient (Wildman–Crippen LogP) is 3.11. The van der Waals surface area contributed by atoms with Gasteiger partial charge in [0.25, 0.3) is 0 Å². The molecule has 0 saturated carbocycles. The second kappa shape index (κ2) is 9.35. The molecule has 4 nitrogen and oxygen atoms in total. The molecule has 1 aromatic rings. The Morgan fingerprint density at radius 2 is 1.91 bits per heavy atom. The molecule has 0 aliphatic heterocycles. The molecule has 1 atom stereocenters. The molecule has 1 rings (SSSR count). The van der Waals surface area contributed by atoms with Crippen LogP contribution in [0.2, 0.25) is 0 Å². The minimum absolute atomic E-state index is 0.0234. The number of ether oxygens (including phenoxy) is 1. The van der Waals surface area contributed by atoms with E-state index in [4.69, 9.17) is 4.74 Å². The molecule has 0 fully saturated rings. The number of nitrogens with one attached hydrogen (secondary N) is 1. The normalized spacial score (nSPS) is 12.3. The first-order valence-corrected chi connectivity index (χ1v) is 7.73. The van der Waals surface area contributed by atoms with Crippen molar-refractivity contribution in [3.05, 3.63) is 35.4 Å². The monoisotopic (exact) mass is 327 g/mol. The van der Waals surface area contributed by atoms with Crippen molar-refractivity contribution in [2.75, 3.05) is 13.2 Å². The van der Waals surface area contributed by atoms with Crippen LogP contribution in [-0.4, -0.2) is 30.9 Å². The molecule has 6 heteroatoms. The van der Waals surface area contributed by atoms with Crippen LogP contribution in [0.3, 0.4) is 0 Å². The van der Waals surface area contributed by atoms with Crippen molar-refractivity contribution in [3.63, 3.8) is 0 Å². The lowest BCUT2D eigenvalue weighted by molar-refractivity contribution is -0.143. The van der Waals surface area contributed by atoms with E-state index in [9.17, 15) is 18.4 Å². The first kappa shape index (κ1) is 19.2. The molecule has 23 heavy (non-hydrogen) atoms. The average molecular weight is 327 g/mol. The van der Waals surface area contributed by atoms with E-state index in [1.165, 1.54) is 6.07 Å². The third-order valence-corrected chi connectivity index (χ3v) is 3.31. The van der Waals surface area contributed by atoms with Crippen molar-refractivity contribution < 1.29 is 23.1 Å². The number of carbonyl (C=O) groups excluding carboxylic acids is 2. The van der Waals surface area contributed by atoms with Crippen molar-refractivity contribution >= 4 is 11.8 Å². The zero-order chi connectivity index (χ0) is 17.4. The largest absolute Gasteiger partial charge is 0.466 e. The van der Waals surface area contributed by atoms with Crippen LogP contribution < -0.4 is 5.32 Å². The third kappa shape index (κ3) is 6.44. The van der Waals surface area contributed by atoms with E-state index in [1.807, 2.05) is 13.8 Å². The van der Waals surface area contributed by atoms with Crippen molar-refractivity contribution in [2.24, 2.45) is 5.92 Å². The summed E-state index contributed by atoms with van der Waals surface area (Å²) in [5, 5.41) is 3.01. The van der Waals surface area contributed by atoms with Gasteiger partial charge in [-0.3, -0.25) is 9.59 Å². The zero-order valence-corrected chi connectivity index (χ0v) is 13.7. The van der Waals surface area contributed by atoms with Gasteiger partial charge in [0.15, 0.2) is 17.4 Å². The number of carbonyl (C=O) groups is 2. The highest BCUT2D eigenvalue weighted by atomic mass is 19.2. The lowest BCUT2D eigenvalue weighted by Gasteiger charge is -2.18. The van der Waals surface area contributed by atoms with E-state index >= 15 is 0 Å². The van der Waals surface area contributed by atoms with Gasteiger partial charge < -0.3 is 10.1 Å². The van der Waals surface area contributed by atoms with Crippen molar-refractivity contribution in [2.45, 2.75) is 39.7 Å². The Balaban J connectivity index is 2.84. The maximum absolute atomic E-state index is 13.3. The van der Waals surface area contributed by atoms with E-state index in [0.717, 1.165) is 18.6 Å². The minimum atomic E-state index is -1.09. The van der Waals surface area contributed by atoms with Gasteiger partial charge in [0.1, 0.15) is 0 Å². The fourth-order valence-electron chi connectivity index (χ4n) is 2.04. The smallest absolute Gasteiger partial charge is 0.307 e. The van der Waals surface area contributed by atoms with E-state index in [1.54, 1.807) is 6.92 Å². The second-order valence-corrected chi connectivity index (χ2v) is 5.69. The van der Waals surface area contributed by atoms with Crippen molar-refractivity contribution in [1.29, 1.82) is 0 Å². The van der Waals surface area contributed by atoms with Gasteiger partial charge in [0.05, 0.1) is 19.1 Å². The SMILES string of the molecule is CCOC(=O)CC(NCCC(C)C)C(=O)c1ccc(F)c(F)c1. The Morgan fingerprint density at radius 3 is 2.48 bits per heavy atom. The van der Waals surface area contributed by atoms with E-state index in [2.05, 4.69) is 5.32 Å². The summed E-state index contributed by atoms with van der Waals surface area (Å²) >= 11 is 0. The van der Waals surface area contributed by atoms with Gasteiger partial charge in [-0.1, -0.05) is 13.8 Å². The Morgan fingerprint density at radius 1 is 1.22 bits per heavy atom.